The van der Waals surface area contributed by atoms with Crippen LogP contribution in [-0.2, 0) is 0 Å². The summed E-state index contributed by atoms with van der Waals surface area (Å²) < 4.78 is 0. The Kier molecular flexibility index (Phi) is 4.57. The van der Waals surface area contributed by atoms with E-state index in [1.54, 1.807) is 0 Å². The Hall–Kier alpha value is -1.57. The van der Waals surface area contributed by atoms with Gasteiger partial charge in [-0.05, 0) is 31.0 Å². The third-order valence-electron chi connectivity index (χ3n) is 3.31. The standard InChI is InChI=1S/C14H19N3O/c15-10-12-3-1-5-14(9-12)17-7-2-4-13(11-17)16-6-8-18/h1,3,5,9,13,16,18H,2,4,6-8,11H2. The summed E-state index contributed by atoms with van der Waals surface area (Å²) in [7, 11) is 0. The average molecular weight is 245 g/mol. The van der Waals surface area contributed by atoms with Crippen LogP contribution in [0.1, 0.15) is 18.4 Å². The minimum atomic E-state index is 0.181. The van der Waals surface area contributed by atoms with Crippen molar-refractivity contribution in [2.45, 2.75) is 18.9 Å². The summed E-state index contributed by atoms with van der Waals surface area (Å²) in [6.07, 6.45) is 2.29. The largest absolute Gasteiger partial charge is 0.395 e. The maximum Gasteiger partial charge on any atom is 0.0992 e. The number of nitrogens with one attached hydrogen (secondary N) is 1. The lowest BCUT2D eigenvalue weighted by Crippen LogP contribution is -2.46. The predicted molar refractivity (Wildman–Crippen MR) is 71.5 cm³/mol. The summed E-state index contributed by atoms with van der Waals surface area (Å²) in [6.45, 7) is 2.80. The number of nitriles is 1. The number of nitrogens with zero attached hydrogens (tertiary/aromatic N) is 2. The van der Waals surface area contributed by atoms with Crippen molar-refractivity contribution in [2.75, 3.05) is 31.1 Å². The molecule has 0 aliphatic carbocycles. The fourth-order valence-electron chi connectivity index (χ4n) is 2.42. The quantitative estimate of drug-likeness (QED) is 0.834. The van der Waals surface area contributed by atoms with Crippen molar-refractivity contribution in [3.05, 3.63) is 29.8 Å². The number of aliphatic hydroxyl groups is 1. The van der Waals surface area contributed by atoms with Crippen LogP contribution in [-0.4, -0.2) is 37.4 Å². The third-order valence-corrected chi connectivity index (χ3v) is 3.31. The van der Waals surface area contributed by atoms with E-state index >= 15 is 0 Å². The van der Waals surface area contributed by atoms with E-state index in [1.165, 1.54) is 0 Å². The first-order chi connectivity index (χ1) is 8.83. The molecule has 0 aromatic heterocycles. The highest BCUT2D eigenvalue weighted by molar-refractivity contribution is 5.51. The normalized spacial score (nSPS) is 19.6. The van der Waals surface area contributed by atoms with E-state index in [2.05, 4.69) is 22.4 Å². The molecular formula is C14H19N3O. The molecule has 96 valence electrons. The molecule has 1 fully saturated rings. The van der Waals surface area contributed by atoms with Gasteiger partial charge in [0.25, 0.3) is 0 Å². The van der Waals surface area contributed by atoms with E-state index in [-0.39, 0.29) is 6.61 Å². The van der Waals surface area contributed by atoms with Crippen LogP contribution in [0.2, 0.25) is 0 Å². The summed E-state index contributed by atoms with van der Waals surface area (Å²) in [4.78, 5) is 2.30. The van der Waals surface area contributed by atoms with Crippen LogP contribution in [0.4, 0.5) is 5.69 Å². The molecule has 1 aromatic rings. The minimum Gasteiger partial charge on any atom is -0.395 e. The second-order valence-corrected chi connectivity index (χ2v) is 4.63. The Morgan fingerprint density at radius 3 is 3.17 bits per heavy atom. The second kappa shape index (κ2) is 6.39. The summed E-state index contributed by atoms with van der Waals surface area (Å²) in [5.74, 6) is 0. The first kappa shape index (κ1) is 12.9. The summed E-state index contributed by atoms with van der Waals surface area (Å²) in [6, 6.07) is 10.4. The first-order valence-corrected chi connectivity index (χ1v) is 6.43. The van der Waals surface area contributed by atoms with Gasteiger partial charge in [-0.25, -0.2) is 0 Å². The van der Waals surface area contributed by atoms with E-state index in [1.807, 2.05) is 18.2 Å². The topological polar surface area (TPSA) is 59.3 Å². The van der Waals surface area contributed by atoms with Gasteiger partial charge in [0.1, 0.15) is 0 Å². The molecule has 1 unspecified atom stereocenters. The van der Waals surface area contributed by atoms with Crippen molar-refractivity contribution < 1.29 is 5.11 Å². The van der Waals surface area contributed by atoms with Crippen molar-refractivity contribution in [1.82, 2.24) is 5.32 Å². The lowest BCUT2D eigenvalue weighted by molar-refractivity contribution is 0.278. The zero-order chi connectivity index (χ0) is 12.8. The third kappa shape index (κ3) is 3.22. The fourth-order valence-corrected chi connectivity index (χ4v) is 2.42. The number of piperidine rings is 1. The van der Waals surface area contributed by atoms with Crippen molar-refractivity contribution >= 4 is 5.69 Å². The zero-order valence-corrected chi connectivity index (χ0v) is 10.5. The summed E-state index contributed by atoms with van der Waals surface area (Å²) in [5, 5.41) is 21.1. The van der Waals surface area contributed by atoms with Crippen LogP contribution in [0.3, 0.4) is 0 Å². The second-order valence-electron chi connectivity index (χ2n) is 4.63. The molecule has 4 heteroatoms. The van der Waals surface area contributed by atoms with Gasteiger partial charge in [0, 0.05) is 31.4 Å². The lowest BCUT2D eigenvalue weighted by atomic mass is 10.0. The highest BCUT2D eigenvalue weighted by Crippen LogP contribution is 2.20. The molecule has 0 saturated carbocycles. The highest BCUT2D eigenvalue weighted by Gasteiger charge is 2.19. The number of anilines is 1. The number of hydrogen-bond acceptors (Lipinski definition) is 4. The molecule has 1 aromatic carbocycles. The molecule has 1 saturated heterocycles. The number of benzene rings is 1. The molecule has 18 heavy (non-hydrogen) atoms. The number of aliphatic hydroxyl groups excluding tert-OH is 1. The van der Waals surface area contributed by atoms with Crippen LogP contribution in [0.15, 0.2) is 24.3 Å². The van der Waals surface area contributed by atoms with Crippen LogP contribution in [0.5, 0.6) is 0 Å². The Balaban J connectivity index is 2.01. The van der Waals surface area contributed by atoms with Crippen LogP contribution in [0.25, 0.3) is 0 Å². The monoisotopic (exact) mass is 245 g/mol. The molecule has 0 amide bonds. The van der Waals surface area contributed by atoms with E-state index in [0.717, 1.165) is 31.6 Å². The van der Waals surface area contributed by atoms with Gasteiger partial charge in [-0.1, -0.05) is 6.07 Å². The van der Waals surface area contributed by atoms with Crippen molar-refractivity contribution in [3.8, 4) is 6.07 Å². The van der Waals surface area contributed by atoms with Gasteiger partial charge >= 0.3 is 0 Å². The van der Waals surface area contributed by atoms with E-state index in [9.17, 15) is 0 Å². The smallest absolute Gasteiger partial charge is 0.0992 e. The molecule has 2 N–H and O–H groups in total. The SMILES string of the molecule is N#Cc1cccc(N2CCCC(NCCO)C2)c1. The van der Waals surface area contributed by atoms with E-state index < -0.39 is 0 Å². The number of rotatable bonds is 4. The average Bonchev–Trinajstić information content (AvgIpc) is 2.45. The maximum absolute atomic E-state index is 8.92. The minimum absolute atomic E-state index is 0.181. The van der Waals surface area contributed by atoms with Crippen LogP contribution in [0, 0.1) is 11.3 Å². The molecule has 0 radical (unpaired) electrons. The molecule has 1 aliphatic heterocycles. The highest BCUT2D eigenvalue weighted by atomic mass is 16.3. The Labute approximate surface area is 108 Å². The van der Waals surface area contributed by atoms with E-state index in [0.29, 0.717) is 18.2 Å². The Bertz CT molecular complexity index is 427. The zero-order valence-electron chi connectivity index (χ0n) is 10.5. The van der Waals surface area contributed by atoms with Gasteiger partial charge in [0.2, 0.25) is 0 Å². The molecule has 1 aliphatic rings. The fraction of sp³-hybridized carbons (Fsp3) is 0.500. The van der Waals surface area contributed by atoms with Crippen LogP contribution >= 0.6 is 0 Å². The van der Waals surface area contributed by atoms with Crippen molar-refractivity contribution in [2.24, 2.45) is 0 Å². The molecule has 2 rings (SSSR count). The van der Waals surface area contributed by atoms with Gasteiger partial charge in [0.05, 0.1) is 18.2 Å². The predicted octanol–water partition coefficient (Wildman–Crippen LogP) is 1.11. The summed E-state index contributed by atoms with van der Waals surface area (Å²) >= 11 is 0. The molecular weight excluding hydrogens is 226 g/mol. The number of hydrogen-bond donors (Lipinski definition) is 2. The molecule has 1 atom stereocenters. The van der Waals surface area contributed by atoms with Gasteiger partial charge in [-0.15, -0.1) is 0 Å². The first-order valence-electron chi connectivity index (χ1n) is 6.43. The summed E-state index contributed by atoms with van der Waals surface area (Å²) in [5.41, 5.74) is 1.82. The molecule has 4 nitrogen and oxygen atoms in total. The Morgan fingerprint density at radius 2 is 2.39 bits per heavy atom. The van der Waals surface area contributed by atoms with Crippen molar-refractivity contribution in [3.63, 3.8) is 0 Å². The van der Waals surface area contributed by atoms with Gasteiger partial charge in [-0.3, -0.25) is 0 Å². The molecule has 1 heterocycles. The van der Waals surface area contributed by atoms with Gasteiger partial charge in [-0.2, -0.15) is 5.26 Å². The van der Waals surface area contributed by atoms with Crippen LogP contribution < -0.4 is 10.2 Å². The van der Waals surface area contributed by atoms with Gasteiger partial charge < -0.3 is 15.3 Å². The lowest BCUT2D eigenvalue weighted by Gasteiger charge is -2.35. The van der Waals surface area contributed by atoms with Crippen molar-refractivity contribution in [1.29, 1.82) is 5.26 Å². The molecule has 0 spiro atoms. The molecule has 0 bridgehead atoms. The Morgan fingerprint density at radius 1 is 1.50 bits per heavy atom. The van der Waals surface area contributed by atoms with Gasteiger partial charge in [0.15, 0.2) is 0 Å². The van der Waals surface area contributed by atoms with E-state index in [4.69, 9.17) is 10.4 Å². The maximum atomic E-state index is 8.92.